The second-order valence-corrected chi connectivity index (χ2v) is 11.8. The Labute approximate surface area is 176 Å². The molecule has 0 aromatic carbocycles. The first-order chi connectivity index (χ1) is 13.7. The SMILES string of the molecule is CC(=O)SC1CC2=CC(=O)CC[C@]2(C)C2CC[C@@]3(C)C(CC[C@@]34C=CC(=O)O4)C12. The van der Waals surface area contributed by atoms with Gasteiger partial charge in [0.05, 0.1) is 0 Å². The number of rotatable bonds is 1. The molecule has 0 amide bonds. The number of ketones is 1. The molecule has 0 saturated heterocycles. The van der Waals surface area contributed by atoms with Crippen molar-refractivity contribution in [1.82, 2.24) is 0 Å². The fraction of sp³-hybridized carbons (Fsp3) is 0.708. The van der Waals surface area contributed by atoms with Crippen molar-refractivity contribution >= 4 is 28.6 Å². The quantitative estimate of drug-likeness (QED) is 0.586. The predicted molar refractivity (Wildman–Crippen MR) is 112 cm³/mol. The van der Waals surface area contributed by atoms with Gasteiger partial charge in [0, 0.05) is 30.1 Å². The minimum Gasteiger partial charge on any atom is -0.451 e. The largest absolute Gasteiger partial charge is 0.451 e. The standard InChI is InChI=1S/C24H30O4S/c1-14(25)29-19-13-15-12-16(26)4-8-22(15,2)17-5-9-23(3)18(21(17)19)6-10-24(23)11-7-20(27)28-24/h7,11-12,17-19,21H,4-6,8-10,13H2,1-3H3/t17?,18?,19?,21?,22-,23-,24+/m0/s1. The van der Waals surface area contributed by atoms with Gasteiger partial charge in [0.1, 0.15) is 5.60 Å². The van der Waals surface area contributed by atoms with E-state index >= 15 is 0 Å². The van der Waals surface area contributed by atoms with Crippen molar-refractivity contribution in [2.45, 2.75) is 76.6 Å². The van der Waals surface area contributed by atoms with Crippen LogP contribution in [0.1, 0.15) is 65.7 Å². The van der Waals surface area contributed by atoms with Crippen LogP contribution in [0.2, 0.25) is 0 Å². The number of hydrogen-bond donors (Lipinski definition) is 0. The minimum absolute atomic E-state index is 0.0612. The minimum atomic E-state index is -0.468. The molecular weight excluding hydrogens is 384 g/mol. The van der Waals surface area contributed by atoms with Crippen LogP contribution in [0.3, 0.4) is 0 Å². The molecule has 3 saturated carbocycles. The zero-order valence-corrected chi connectivity index (χ0v) is 18.3. The van der Waals surface area contributed by atoms with Crippen LogP contribution in [-0.2, 0) is 19.1 Å². The number of ether oxygens (including phenoxy) is 1. The van der Waals surface area contributed by atoms with Crippen LogP contribution in [0.15, 0.2) is 23.8 Å². The molecule has 7 atom stereocenters. The molecule has 0 N–H and O–H groups in total. The topological polar surface area (TPSA) is 60.4 Å². The average Bonchev–Trinajstić information content (AvgIpc) is 3.17. The van der Waals surface area contributed by atoms with E-state index in [0.29, 0.717) is 24.2 Å². The summed E-state index contributed by atoms with van der Waals surface area (Å²) >= 11 is 1.48. The van der Waals surface area contributed by atoms with E-state index in [1.807, 2.05) is 12.2 Å². The maximum atomic E-state index is 12.2. The molecule has 5 heteroatoms. The van der Waals surface area contributed by atoms with Crippen LogP contribution in [0.5, 0.6) is 0 Å². The van der Waals surface area contributed by atoms with E-state index in [4.69, 9.17) is 4.74 Å². The third-order valence-corrected chi connectivity index (χ3v) is 10.3. The highest BCUT2D eigenvalue weighted by Crippen LogP contribution is 2.70. The van der Waals surface area contributed by atoms with Crippen molar-refractivity contribution < 1.29 is 19.1 Å². The monoisotopic (exact) mass is 414 g/mol. The molecule has 3 fully saturated rings. The molecule has 0 radical (unpaired) electrons. The summed E-state index contributed by atoms with van der Waals surface area (Å²) in [5.41, 5.74) is 0.794. The number of carbonyl (C=O) groups is 3. The van der Waals surface area contributed by atoms with Crippen molar-refractivity contribution in [3.8, 4) is 0 Å². The van der Waals surface area contributed by atoms with Crippen LogP contribution >= 0.6 is 11.8 Å². The second kappa shape index (κ2) is 6.32. The van der Waals surface area contributed by atoms with Crippen LogP contribution in [0.4, 0.5) is 0 Å². The summed E-state index contributed by atoms with van der Waals surface area (Å²) in [6, 6.07) is 0. The fourth-order valence-electron chi connectivity index (χ4n) is 7.76. The second-order valence-electron chi connectivity index (χ2n) is 10.3. The summed E-state index contributed by atoms with van der Waals surface area (Å²) in [7, 11) is 0. The molecule has 1 heterocycles. The molecule has 1 spiro atoms. The molecule has 0 bridgehead atoms. The van der Waals surface area contributed by atoms with Gasteiger partial charge in [0.25, 0.3) is 0 Å². The zero-order valence-electron chi connectivity index (χ0n) is 17.5. The van der Waals surface area contributed by atoms with Gasteiger partial charge in [-0.1, -0.05) is 31.2 Å². The van der Waals surface area contributed by atoms with E-state index in [1.165, 1.54) is 17.3 Å². The molecule has 0 aromatic rings. The van der Waals surface area contributed by atoms with Gasteiger partial charge < -0.3 is 4.74 Å². The van der Waals surface area contributed by atoms with E-state index in [2.05, 4.69) is 13.8 Å². The molecule has 156 valence electrons. The Hall–Kier alpha value is -1.36. The lowest BCUT2D eigenvalue weighted by Crippen LogP contribution is -2.57. The van der Waals surface area contributed by atoms with Crippen LogP contribution < -0.4 is 0 Å². The van der Waals surface area contributed by atoms with E-state index in [-0.39, 0.29) is 32.9 Å². The van der Waals surface area contributed by atoms with Gasteiger partial charge in [-0.05, 0) is 73.8 Å². The summed E-state index contributed by atoms with van der Waals surface area (Å²) in [5.74, 6) is 1.37. The Kier molecular flexibility index (Phi) is 4.27. The van der Waals surface area contributed by atoms with Crippen molar-refractivity contribution in [2.24, 2.45) is 28.6 Å². The molecule has 29 heavy (non-hydrogen) atoms. The van der Waals surface area contributed by atoms with E-state index < -0.39 is 5.60 Å². The number of carbonyl (C=O) groups excluding carboxylic acids is 3. The summed E-state index contributed by atoms with van der Waals surface area (Å²) in [6.07, 6.45) is 12.0. The lowest BCUT2D eigenvalue weighted by molar-refractivity contribution is -0.162. The van der Waals surface area contributed by atoms with Crippen LogP contribution in [-0.4, -0.2) is 27.7 Å². The number of fused-ring (bicyclic) bond motifs is 6. The Bertz CT molecular complexity index is 859. The molecule has 5 rings (SSSR count). The number of hydrogen-bond acceptors (Lipinski definition) is 5. The summed E-state index contributed by atoms with van der Waals surface area (Å²) in [4.78, 5) is 36.3. The van der Waals surface area contributed by atoms with Crippen LogP contribution in [0.25, 0.3) is 0 Å². The third-order valence-electron chi connectivity index (χ3n) is 9.23. The molecule has 4 aliphatic carbocycles. The first-order valence-corrected chi connectivity index (χ1v) is 11.9. The molecule has 1 aliphatic heterocycles. The van der Waals surface area contributed by atoms with Gasteiger partial charge in [-0.25, -0.2) is 4.79 Å². The van der Waals surface area contributed by atoms with Gasteiger partial charge in [-0.3, -0.25) is 9.59 Å². The molecular formula is C24H30O4S. The molecule has 0 aromatic heterocycles. The summed E-state index contributed by atoms with van der Waals surface area (Å²) in [5, 5.41) is 0.371. The smallest absolute Gasteiger partial charge is 0.331 e. The summed E-state index contributed by atoms with van der Waals surface area (Å²) < 4.78 is 5.94. The van der Waals surface area contributed by atoms with E-state index in [9.17, 15) is 14.4 Å². The Balaban J connectivity index is 1.57. The number of esters is 1. The maximum Gasteiger partial charge on any atom is 0.331 e. The van der Waals surface area contributed by atoms with Gasteiger partial charge in [-0.15, -0.1) is 0 Å². The molecule has 4 unspecified atom stereocenters. The maximum absolute atomic E-state index is 12.2. The highest BCUT2D eigenvalue weighted by molar-refractivity contribution is 8.14. The Morgan fingerprint density at radius 3 is 2.59 bits per heavy atom. The summed E-state index contributed by atoms with van der Waals surface area (Å²) in [6.45, 7) is 6.34. The highest BCUT2D eigenvalue weighted by Gasteiger charge is 2.67. The lowest BCUT2D eigenvalue weighted by atomic mass is 9.46. The number of allylic oxidation sites excluding steroid dienone is 1. The van der Waals surface area contributed by atoms with Crippen LogP contribution in [0, 0.1) is 28.6 Å². The van der Waals surface area contributed by atoms with Gasteiger partial charge in [0.15, 0.2) is 10.9 Å². The zero-order chi connectivity index (χ0) is 20.6. The van der Waals surface area contributed by atoms with Crippen molar-refractivity contribution in [2.75, 3.05) is 0 Å². The fourth-order valence-corrected chi connectivity index (χ4v) is 8.99. The average molecular weight is 415 g/mol. The predicted octanol–water partition coefficient (Wildman–Crippen LogP) is 4.63. The lowest BCUT2D eigenvalue weighted by Gasteiger charge is -2.60. The van der Waals surface area contributed by atoms with E-state index in [0.717, 1.165) is 38.5 Å². The third kappa shape index (κ3) is 2.62. The van der Waals surface area contributed by atoms with Gasteiger partial charge in [0.2, 0.25) is 0 Å². The first kappa shape index (κ1) is 19.6. The van der Waals surface area contributed by atoms with Crippen molar-refractivity contribution in [1.29, 1.82) is 0 Å². The molecule has 5 aliphatic rings. The normalized spacial score (nSPS) is 48.0. The highest BCUT2D eigenvalue weighted by atomic mass is 32.2. The molecule has 4 nitrogen and oxygen atoms in total. The van der Waals surface area contributed by atoms with E-state index in [1.54, 1.807) is 13.0 Å². The van der Waals surface area contributed by atoms with Gasteiger partial charge in [-0.2, -0.15) is 0 Å². The Morgan fingerprint density at radius 1 is 1.14 bits per heavy atom. The first-order valence-electron chi connectivity index (χ1n) is 11.0. The van der Waals surface area contributed by atoms with Gasteiger partial charge >= 0.3 is 5.97 Å². The number of thioether (sulfide) groups is 1. The van der Waals surface area contributed by atoms with Crippen molar-refractivity contribution in [3.05, 3.63) is 23.8 Å². The van der Waals surface area contributed by atoms with Crippen molar-refractivity contribution in [3.63, 3.8) is 0 Å². The Morgan fingerprint density at radius 2 is 1.90 bits per heavy atom.